The van der Waals surface area contributed by atoms with Crippen LogP contribution in [-0.2, 0) is 4.79 Å². The molecule has 104 valence electrons. The van der Waals surface area contributed by atoms with Crippen molar-refractivity contribution in [3.63, 3.8) is 0 Å². The van der Waals surface area contributed by atoms with Gasteiger partial charge in [0.1, 0.15) is 0 Å². The molecule has 1 aromatic heterocycles. The smallest absolute Gasteiger partial charge is 0.261 e. The van der Waals surface area contributed by atoms with E-state index < -0.39 is 0 Å². The molecule has 1 aliphatic carbocycles. The summed E-state index contributed by atoms with van der Waals surface area (Å²) >= 11 is 1.35. The van der Waals surface area contributed by atoms with E-state index in [-0.39, 0.29) is 31.0 Å². The van der Waals surface area contributed by atoms with E-state index in [0.717, 1.165) is 19.3 Å². The predicted molar refractivity (Wildman–Crippen MR) is 73.1 cm³/mol. The minimum atomic E-state index is -0.221. The van der Waals surface area contributed by atoms with E-state index >= 15 is 0 Å². The number of hydrogen-bond donors (Lipinski definition) is 2. The standard InChI is InChI=1S/C13H18N2O3S/c16-7-6-15(10-3-1-4-10)12(17)9-14-13(18)11-5-2-8-19-11/h2,5,8,10,16H,1,3-4,6-7,9H2,(H,14,18). The average Bonchev–Trinajstić information content (AvgIpc) is 2.86. The van der Waals surface area contributed by atoms with Crippen LogP contribution in [0.4, 0.5) is 0 Å². The minimum absolute atomic E-state index is 0.00671. The Labute approximate surface area is 116 Å². The van der Waals surface area contributed by atoms with Crippen molar-refractivity contribution in [3.8, 4) is 0 Å². The molecule has 0 aromatic carbocycles. The topological polar surface area (TPSA) is 69.6 Å². The Kier molecular flexibility index (Phi) is 4.93. The van der Waals surface area contributed by atoms with Gasteiger partial charge in [-0.25, -0.2) is 0 Å². The van der Waals surface area contributed by atoms with E-state index in [0.29, 0.717) is 11.4 Å². The van der Waals surface area contributed by atoms with Crippen molar-refractivity contribution in [2.75, 3.05) is 19.7 Å². The lowest BCUT2D eigenvalue weighted by molar-refractivity contribution is -0.134. The highest BCUT2D eigenvalue weighted by Gasteiger charge is 2.28. The fourth-order valence-electron chi connectivity index (χ4n) is 2.07. The molecule has 6 heteroatoms. The van der Waals surface area contributed by atoms with Crippen molar-refractivity contribution in [3.05, 3.63) is 22.4 Å². The van der Waals surface area contributed by atoms with E-state index in [9.17, 15) is 9.59 Å². The van der Waals surface area contributed by atoms with Gasteiger partial charge >= 0.3 is 0 Å². The fourth-order valence-corrected chi connectivity index (χ4v) is 2.71. The molecule has 0 unspecified atom stereocenters. The summed E-state index contributed by atoms with van der Waals surface area (Å²) in [7, 11) is 0. The summed E-state index contributed by atoms with van der Waals surface area (Å²) in [6.45, 7) is 0.298. The predicted octanol–water partition coefficient (Wildman–Crippen LogP) is 0.851. The first-order chi connectivity index (χ1) is 9.22. The molecule has 0 bridgehead atoms. The van der Waals surface area contributed by atoms with Crippen LogP contribution in [-0.4, -0.2) is 47.6 Å². The molecule has 0 atom stereocenters. The van der Waals surface area contributed by atoms with Crippen molar-refractivity contribution in [2.24, 2.45) is 0 Å². The number of carbonyl (C=O) groups is 2. The molecule has 1 aliphatic rings. The molecule has 19 heavy (non-hydrogen) atoms. The van der Waals surface area contributed by atoms with Gasteiger partial charge in [0.05, 0.1) is 18.0 Å². The van der Waals surface area contributed by atoms with Crippen LogP contribution in [0.2, 0.25) is 0 Å². The molecule has 0 spiro atoms. The normalized spacial score (nSPS) is 14.8. The Morgan fingerprint density at radius 1 is 1.47 bits per heavy atom. The summed E-state index contributed by atoms with van der Waals surface area (Å²) < 4.78 is 0. The number of hydrogen-bond acceptors (Lipinski definition) is 4. The Hall–Kier alpha value is -1.40. The van der Waals surface area contributed by atoms with Crippen LogP contribution < -0.4 is 5.32 Å². The first-order valence-corrected chi connectivity index (χ1v) is 7.32. The Morgan fingerprint density at radius 2 is 2.26 bits per heavy atom. The first-order valence-electron chi connectivity index (χ1n) is 6.44. The third kappa shape index (κ3) is 3.54. The summed E-state index contributed by atoms with van der Waals surface area (Å²) in [6.07, 6.45) is 3.11. The van der Waals surface area contributed by atoms with Crippen molar-refractivity contribution in [1.82, 2.24) is 10.2 Å². The molecule has 1 heterocycles. The highest BCUT2D eigenvalue weighted by Crippen LogP contribution is 2.24. The number of aliphatic hydroxyl groups excluding tert-OH is 1. The van der Waals surface area contributed by atoms with Crippen molar-refractivity contribution < 1.29 is 14.7 Å². The molecule has 1 saturated carbocycles. The van der Waals surface area contributed by atoms with E-state index in [2.05, 4.69) is 5.32 Å². The molecule has 2 amide bonds. The van der Waals surface area contributed by atoms with E-state index in [1.165, 1.54) is 11.3 Å². The summed E-state index contributed by atoms with van der Waals surface area (Å²) in [5.41, 5.74) is 0. The lowest BCUT2D eigenvalue weighted by atomic mass is 9.91. The van der Waals surface area contributed by atoms with Gasteiger partial charge < -0.3 is 15.3 Å². The van der Waals surface area contributed by atoms with Gasteiger partial charge in [-0.05, 0) is 30.7 Å². The maximum absolute atomic E-state index is 12.0. The highest BCUT2D eigenvalue weighted by molar-refractivity contribution is 7.12. The van der Waals surface area contributed by atoms with Gasteiger partial charge in [0, 0.05) is 12.6 Å². The van der Waals surface area contributed by atoms with Crippen LogP contribution in [0.25, 0.3) is 0 Å². The zero-order valence-electron chi connectivity index (χ0n) is 10.7. The van der Waals surface area contributed by atoms with Gasteiger partial charge in [0.25, 0.3) is 5.91 Å². The number of nitrogens with zero attached hydrogens (tertiary/aromatic N) is 1. The summed E-state index contributed by atoms with van der Waals surface area (Å²) in [5.74, 6) is -0.343. The van der Waals surface area contributed by atoms with Crippen molar-refractivity contribution >= 4 is 23.2 Å². The van der Waals surface area contributed by atoms with Gasteiger partial charge in [0.15, 0.2) is 0 Å². The lowest BCUT2D eigenvalue weighted by Gasteiger charge is -2.37. The molecule has 1 aromatic rings. The third-order valence-corrected chi connectivity index (χ3v) is 4.19. The number of amides is 2. The molecule has 0 radical (unpaired) electrons. The monoisotopic (exact) mass is 282 g/mol. The summed E-state index contributed by atoms with van der Waals surface area (Å²) in [4.78, 5) is 26.0. The van der Waals surface area contributed by atoms with Crippen LogP contribution in [0.15, 0.2) is 17.5 Å². The van der Waals surface area contributed by atoms with E-state index in [4.69, 9.17) is 5.11 Å². The van der Waals surface area contributed by atoms with Crippen LogP contribution in [0, 0.1) is 0 Å². The van der Waals surface area contributed by atoms with Crippen LogP contribution in [0.3, 0.4) is 0 Å². The second-order valence-corrected chi connectivity index (χ2v) is 5.50. The Morgan fingerprint density at radius 3 is 2.79 bits per heavy atom. The molecule has 2 rings (SSSR count). The van der Waals surface area contributed by atoms with Gasteiger partial charge in [-0.15, -0.1) is 11.3 Å². The van der Waals surface area contributed by atoms with Crippen LogP contribution in [0.1, 0.15) is 28.9 Å². The molecular formula is C13H18N2O3S. The largest absolute Gasteiger partial charge is 0.395 e. The fraction of sp³-hybridized carbons (Fsp3) is 0.538. The first kappa shape index (κ1) is 14.0. The molecule has 1 fully saturated rings. The van der Waals surface area contributed by atoms with Crippen LogP contribution >= 0.6 is 11.3 Å². The number of thiophene rings is 1. The Bertz CT molecular complexity index is 429. The SMILES string of the molecule is O=C(NCC(=O)N(CCO)C1CCC1)c1cccs1. The van der Waals surface area contributed by atoms with Gasteiger partial charge in [-0.3, -0.25) is 9.59 Å². The second-order valence-electron chi connectivity index (χ2n) is 4.56. The quantitative estimate of drug-likeness (QED) is 0.813. The minimum Gasteiger partial charge on any atom is -0.395 e. The van der Waals surface area contributed by atoms with Crippen LogP contribution in [0.5, 0.6) is 0 Å². The average molecular weight is 282 g/mol. The van der Waals surface area contributed by atoms with E-state index in [1.807, 2.05) is 5.38 Å². The molecule has 2 N–H and O–H groups in total. The molecule has 5 nitrogen and oxygen atoms in total. The zero-order valence-corrected chi connectivity index (χ0v) is 11.5. The van der Waals surface area contributed by atoms with Gasteiger partial charge in [-0.2, -0.15) is 0 Å². The lowest BCUT2D eigenvalue weighted by Crippen LogP contribution is -2.49. The molecule has 0 saturated heterocycles. The zero-order chi connectivity index (χ0) is 13.7. The third-order valence-electron chi connectivity index (χ3n) is 3.32. The summed E-state index contributed by atoms with van der Waals surface area (Å²) in [5, 5.41) is 13.5. The second kappa shape index (κ2) is 6.68. The molecule has 0 aliphatic heterocycles. The summed E-state index contributed by atoms with van der Waals surface area (Å²) in [6, 6.07) is 3.76. The number of carbonyl (C=O) groups excluding carboxylic acids is 2. The van der Waals surface area contributed by atoms with E-state index in [1.54, 1.807) is 17.0 Å². The maximum atomic E-state index is 12.0. The van der Waals surface area contributed by atoms with Crippen molar-refractivity contribution in [1.29, 1.82) is 0 Å². The molecular weight excluding hydrogens is 264 g/mol. The van der Waals surface area contributed by atoms with Crippen molar-refractivity contribution in [2.45, 2.75) is 25.3 Å². The number of aliphatic hydroxyl groups is 1. The van der Waals surface area contributed by atoms with Gasteiger partial charge in [0.2, 0.25) is 5.91 Å². The highest BCUT2D eigenvalue weighted by atomic mass is 32.1. The van der Waals surface area contributed by atoms with Gasteiger partial charge in [-0.1, -0.05) is 6.07 Å². The maximum Gasteiger partial charge on any atom is 0.261 e. The number of rotatable bonds is 6. The number of nitrogens with one attached hydrogen (secondary N) is 1. The Balaban J connectivity index is 1.83.